The van der Waals surface area contributed by atoms with Crippen molar-refractivity contribution in [3.63, 3.8) is 0 Å². The van der Waals surface area contributed by atoms with E-state index in [0.717, 1.165) is 11.7 Å². The van der Waals surface area contributed by atoms with Gasteiger partial charge in [-0.1, -0.05) is 19.3 Å². The van der Waals surface area contributed by atoms with Crippen molar-refractivity contribution in [2.24, 2.45) is 5.92 Å². The molecule has 0 aliphatic heterocycles. The van der Waals surface area contributed by atoms with Crippen molar-refractivity contribution in [1.82, 2.24) is 5.32 Å². The van der Waals surface area contributed by atoms with Crippen LogP contribution >= 0.6 is 0 Å². The van der Waals surface area contributed by atoms with E-state index >= 15 is 0 Å². The van der Waals surface area contributed by atoms with E-state index < -0.39 is 0 Å². The Balaban J connectivity index is 2.12. The molecule has 1 N–H and O–H groups in total. The van der Waals surface area contributed by atoms with Crippen LogP contribution in [0.5, 0.6) is 0 Å². The average molecular weight is 207 g/mol. The molecule has 2 nitrogen and oxygen atoms in total. The summed E-state index contributed by atoms with van der Waals surface area (Å²) in [5, 5.41) is 3.42. The molecule has 1 aromatic rings. The molecule has 2 heteroatoms. The third-order valence-electron chi connectivity index (χ3n) is 3.62. The van der Waals surface area contributed by atoms with Crippen molar-refractivity contribution in [3.8, 4) is 0 Å². The van der Waals surface area contributed by atoms with Gasteiger partial charge < -0.3 is 9.73 Å². The van der Waals surface area contributed by atoms with Crippen molar-refractivity contribution in [2.45, 2.75) is 45.1 Å². The molecule has 0 aromatic carbocycles. The first-order valence-corrected chi connectivity index (χ1v) is 6.04. The molecule has 84 valence electrons. The number of furan rings is 1. The lowest BCUT2D eigenvalue weighted by molar-refractivity contribution is 0.252. The predicted molar refractivity (Wildman–Crippen MR) is 61.8 cm³/mol. The maximum absolute atomic E-state index is 5.61. The predicted octanol–water partition coefficient (Wildman–Crippen LogP) is 3.43. The highest BCUT2D eigenvalue weighted by Crippen LogP contribution is 2.35. The maximum atomic E-state index is 5.61. The Bertz CT molecular complexity index is 299. The van der Waals surface area contributed by atoms with Gasteiger partial charge in [0.05, 0.1) is 12.3 Å². The van der Waals surface area contributed by atoms with Crippen LogP contribution in [0.25, 0.3) is 0 Å². The molecule has 0 radical (unpaired) electrons. The quantitative estimate of drug-likeness (QED) is 0.821. The van der Waals surface area contributed by atoms with Gasteiger partial charge in [0.2, 0.25) is 0 Å². The van der Waals surface area contributed by atoms with Crippen LogP contribution in [0.3, 0.4) is 0 Å². The van der Waals surface area contributed by atoms with Crippen LogP contribution in [-0.2, 0) is 0 Å². The SMILES string of the molecule is CNC(c1occc1C)C1CCCCC1. The van der Waals surface area contributed by atoms with E-state index in [2.05, 4.69) is 18.3 Å². The number of aryl methyl sites for hydroxylation is 1. The van der Waals surface area contributed by atoms with E-state index in [0.29, 0.717) is 6.04 Å². The van der Waals surface area contributed by atoms with Crippen LogP contribution < -0.4 is 5.32 Å². The average Bonchev–Trinajstić information content (AvgIpc) is 2.68. The molecule has 0 bridgehead atoms. The molecule has 1 saturated carbocycles. The lowest BCUT2D eigenvalue weighted by Crippen LogP contribution is -2.27. The Morgan fingerprint density at radius 2 is 2.07 bits per heavy atom. The van der Waals surface area contributed by atoms with Gasteiger partial charge in [-0.3, -0.25) is 0 Å². The van der Waals surface area contributed by atoms with Gasteiger partial charge in [0.25, 0.3) is 0 Å². The Labute approximate surface area is 92.1 Å². The first-order valence-electron chi connectivity index (χ1n) is 6.04. The summed E-state index contributed by atoms with van der Waals surface area (Å²) in [4.78, 5) is 0. The lowest BCUT2D eigenvalue weighted by Gasteiger charge is -2.29. The largest absolute Gasteiger partial charge is 0.467 e. The van der Waals surface area contributed by atoms with Crippen LogP contribution in [-0.4, -0.2) is 7.05 Å². The summed E-state index contributed by atoms with van der Waals surface area (Å²) < 4.78 is 5.61. The van der Waals surface area contributed by atoms with Crippen molar-refractivity contribution in [3.05, 3.63) is 23.7 Å². The van der Waals surface area contributed by atoms with E-state index in [4.69, 9.17) is 4.42 Å². The molecule has 0 amide bonds. The highest BCUT2D eigenvalue weighted by molar-refractivity contribution is 5.19. The summed E-state index contributed by atoms with van der Waals surface area (Å²) in [6, 6.07) is 2.47. The summed E-state index contributed by atoms with van der Waals surface area (Å²) in [7, 11) is 2.04. The number of hydrogen-bond donors (Lipinski definition) is 1. The second kappa shape index (κ2) is 4.84. The van der Waals surface area contributed by atoms with Crippen molar-refractivity contribution < 1.29 is 4.42 Å². The summed E-state index contributed by atoms with van der Waals surface area (Å²) >= 11 is 0. The van der Waals surface area contributed by atoms with Crippen LogP contribution in [0.2, 0.25) is 0 Å². The van der Waals surface area contributed by atoms with Crippen LogP contribution in [0.1, 0.15) is 49.5 Å². The fourth-order valence-electron chi connectivity index (χ4n) is 2.75. The standard InChI is InChI=1S/C13H21NO/c1-10-8-9-15-13(10)12(14-2)11-6-4-3-5-7-11/h8-9,11-12,14H,3-7H2,1-2H3. The van der Waals surface area contributed by atoms with Crippen molar-refractivity contribution in [2.75, 3.05) is 7.05 Å². The molecule has 2 rings (SSSR count). The van der Waals surface area contributed by atoms with Gasteiger partial charge in [-0.15, -0.1) is 0 Å². The van der Waals surface area contributed by atoms with Gasteiger partial charge in [0.1, 0.15) is 5.76 Å². The molecule has 0 saturated heterocycles. The minimum absolute atomic E-state index is 0.417. The van der Waals surface area contributed by atoms with Gasteiger partial charge in [0, 0.05) is 0 Å². The summed E-state index contributed by atoms with van der Waals surface area (Å²) in [5.41, 5.74) is 1.28. The molecule has 1 heterocycles. The summed E-state index contributed by atoms with van der Waals surface area (Å²) in [6.45, 7) is 2.13. The van der Waals surface area contributed by atoms with Crippen LogP contribution in [0, 0.1) is 12.8 Å². The number of hydrogen-bond acceptors (Lipinski definition) is 2. The van der Waals surface area contributed by atoms with Crippen LogP contribution in [0.4, 0.5) is 0 Å². The van der Waals surface area contributed by atoms with E-state index in [1.165, 1.54) is 37.7 Å². The van der Waals surface area contributed by atoms with Crippen LogP contribution in [0.15, 0.2) is 16.7 Å². The normalized spacial score (nSPS) is 20.4. The molecule has 1 aromatic heterocycles. The molecule has 0 spiro atoms. The topological polar surface area (TPSA) is 25.2 Å². The smallest absolute Gasteiger partial charge is 0.123 e. The highest BCUT2D eigenvalue weighted by atomic mass is 16.3. The van der Waals surface area contributed by atoms with Gasteiger partial charge in [-0.05, 0) is 44.4 Å². The maximum Gasteiger partial charge on any atom is 0.123 e. The van der Waals surface area contributed by atoms with Gasteiger partial charge >= 0.3 is 0 Å². The molecule has 1 aliphatic carbocycles. The van der Waals surface area contributed by atoms with E-state index in [1.807, 2.05) is 7.05 Å². The summed E-state index contributed by atoms with van der Waals surface area (Å²) in [5.74, 6) is 1.90. The van der Waals surface area contributed by atoms with E-state index in [1.54, 1.807) is 6.26 Å². The molecular weight excluding hydrogens is 186 g/mol. The molecule has 1 aliphatic rings. The number of rotatable bonds is 3. The molecule has 1 atom stereocenters. The highest BCUT2D eigenvalue weighted by Gasteiger charge is 2.26. The Morgan fingerprint density at radius 1 is 1.33 bits per heavy atom. The zero-order chi connectivity index (χ0) is 10.7. The monoisotopic (exact) mass is 207 g/mol. The van der Waals surface area contributed by atoms with Crippen molar-refractivity contribution >= 4 is 0 Å². The second-order valence-corrected chi connectivity index (χ2v) is 4.63. The Hall–Kier alpha value is -0.760. The van der Waals surface area contributed by atoms with Gasteiger partial charge in [0.15, 0.2) is 0 Å². The fourth-order valence-corrected chi connectivity index (χ4v) is 2.75. The third kappa shape index (κ3) is 2.25. The Morgan fingerprint density at radius 3 is 2.60 bits per heavy atom. The minimum Gasteiger partial charge on any atom is -0.467 e. The van der Waals surface area contributed by atoms with E-state index in [-0.39, 0.29) is 0 Å². The summed E-state index contributed by atoms with van der Waals surface area (Å²) in [6.07, 6.45) is 8.64. The first kappa shape index (κ1) is 10.7. The van der Waals surface area contributed by atoms with Gasteiger partial charge in [-0.2, -0.15) is 0 Å². The molecule has 1 unspecified atom stereocenters. The zero-order valence-corrected chi connectivity index (χ0v) is 9.75. The third-order valence-corrected chi connectivity index (χ3v) is 3.62. The van der Waals surface area contributed by atoms with Crippen molar-refractivity contribution in [1.29, 1.82) is 0 Å². The Kier molecular flexibility index (Phi) is 3.47. The van der Waals surface area contributed by atoms with Gasteiger partial charge in [-0.25, -0.2) is 0 Å². The second-order valence-electron chi connectivity index (χ2n) is 4.63. The van der Waals surface area contributed by atoms with E-state index in [9.17, 15) is 0 Å². The number of nitrogens with one attached hydrogen (secondary N) is 1. The lowest BCUT2D eigenvalue weighted by atomic mass is 9.82. The zero-order valence-electron chi connectivity index (χ0n) is 9.75. The molecule has 1 fully saturated rings. The first-order chi connectivity index (χ1) is 7.33. The fraction of sp³-hybridized carbons (Fsp3) is 0.692. The minimum atomic E-state index is 0.417. The molecular formula is C13H21NO. The molecule has 15 heavy (non-hydrogen) atoms.